The summed E-state index contributed by atoms with van der Waals surface area (Å²) < 4.78 is 15.0. The lowest BCUT2D eigenvalue weighted by atomic mass is 10.0. The van der Waals surface area contributed by atoms with Crippen molar-refractivity contribution in [2.24, 2.45) is 0 Å². The molecule has 0 bridgehead atoms. The number of halogens is 1. The van der Waals surface area contributed by atoms with E-state index in [1.54, 1.807) is 40.1 Å². The van der Waals surface area contributed by atoms with Crippen molar-refractivity contribution in [1.82, 2.24) is 10.1 Å². The molecule has 0 saturated heterocycles. The quantitative estimate of drug-likeness (QED) is 0.545. The lowest BCUT2D eigenvalue weighted by Gasteiger charge is -2.31. The maximum atomic E-state index is 13.5. The third-order valence-electron chi connectivity index (χ3n) is 4.46. The van der Waals surface area contributed by atoms with Crippen LogP contribution in [0.1, 0.15) is 18.7 Å². The van der Waals surface area contributed by atoms with Crippen molar-refractivity contribution >= 4 is 23.4 Å². The van der Waals surface area contributed by atoms with Gasteiger partial charge in [0.25, 0.3) is 6.17 Å². The van der Waals surface area contributed by atoms with E-state index in [-0.39, 0.29) is 17.3 Å². The first-order valence-electron chi connectivity index (χ1n) is 8.26. The van der Waals surface area contributed by atoms with E-state index < -0.39 is 6.17 Å². The van der Waals surface area contributed by atoms with Crippen LogP contribution in [0, 0.1) is 5.82 Å². The predicted octanol–water partition coefficient (Wildman–Crippen LogP) is 2.50. The van der Waals surface area contributed by atoms with Crippen LogP contribution in [0.25, 0.3) is 11.3 Å². The van der Waals surface area contributed by atoms with Gasteiger partial charge in [-0.3, -0.25) is 14.6 Å². The Labute approximate surface area is 158 Å². The molecule has 0 fully saturated rings. The second-order valence-electron chi connectivity index (χ2n) is 6.09. The van der Waals surface area contributed by atoms with Gasteiger partial charge in [0.15, 0.2) is 0 Å². The number of amides is 1. The van der Waals surface area contributed by atoms with Crippen molar-refractivity contribution in [1.29, 1.82) is 0 Å². The molecule has 27 heavy (non-hydrogen) atoms. The van der Waals surface area contributed by atoms with Crippen LogP contribution in [0.4, 0.5) is 10.1 Å². The molecule has 1 N–H and O–H groups in total. The number of carbonyl (C=O) groups excluding carboxylic acids is 1. The summed E-state index contributed by atoms with van der Waals surface area (Å²) in [6.07, 6.45) is 1.11. The summed E-state index contributed by atoms with van der Waals surface area (Å²) in [5.41, 5.74) is 1.95. The number of anilines is 1. The fourth-order valence-electron chi connectivity index (χ4n) is 3.34. The summed E-state index contributed by atoms with van der Waals surface area (Å²) >= 11 is 1.30. The van der Waals surface area contributed by atoms with E-state index in [0.717, 1.165) is 0 Å². The van der Waals surface area contributed by atoms with Crippen LogP contribution in [0.3, 0.4) is 0 Å². The molecule has 136 valence electrons. The predicted molar refractivity (Wildman–Crippen MR) is 100.0 cm³/mol. The summed E-state index contributed by atoms with van der Waals surface area (Å²) in [4.78, 5) is 29.7. The van der Waals surface area contributed by atoms with Crippen molar-refractivity contribution < 1.29 is 13.9 Å². The average Bonchev–Trinajstić information content (AvgIpc) is 2.67. The summed E-state index contributed by atoms with van der Waals surface area (Å²) in [6.45, 7) is 1.46. The normalized spacial score (nSPS) is 15.2. The van der Waals surface area contributed by atoms with Crippen LogP contribution < -0.4 is 15.1 Å². The number of carbonyl (C=O) groups is 1. The SMILES string of the molecule is CSc1n[n+]2c(c(=O)[nH]1)-c1ccccc1N(C(C)=O)[C@@H]2c1ccc(F)cc1. The number of thioether (sulfide) groups is 1. The fourth-order valence-corrected chi connectivity index (χ4v) is 3.70. The molecule has 2 heterocycles. The number of nitrogens with zero attached hydrogens (tertiary/aromatic N) is 3. The fraction of sp³-hybridized carbons (Fsp3) is 0.158. The molecule has 6 nitrogen and oxygen atoms in total. The Morgan fingerprint density at radius 3 is 2.59 bits per heavy atom. The highest BCUT2D eigenvalue weighted by molar-refractivity contribution is 7.98. The molecule has 0 unspecified atom stereocenters. The van der Waals surface area contributed by atoms with E-state index in [9.17, 15) is 14.0 Å². The lowest BCUT2D eigenvalue weighted by molar-refractivity contribution is -0.763. The van der Waals surface area contributed by atoms with E-state index in [1.165, 1.54) is 30.8 Å². The van der Waals surface area contributed by atoms with Crippen LogP contribution in [0.2, 0.25) is 0 Å². The standard InChI is InChI=1S/C19H15FN4O2S/c1-11(25)23-15-6-4-3-5-14(15)16-17(26)21-19(27-2)22-24(16)18(23)12-7-9-13(20)10-8-12/h3-10,18H,1-2H3/p+1/t18-/m0/s1. The third kappa shape index (κ3) is 2.82. The second-order valence-corrected chi connectivity index (χ2v) is 6.88. The molecule has 1 amide bonds. The zero-order chi connectivity index (χ0) is 19.1. The van der Waals surface area contributed by atoms with Gasteiger partial charge < -0.3 is 0 Å². The summed E-state index contributed by atoms with van der Waals surface area (Å²) in [7, 11) is 0. The minimum atomic E-state index is -0.693. The highest BCUT2D eigenvalue weighted by atomic mass is 32.2. The number of hydrogen-bond donors (Lipinski definition) is 1. The van der Waals surface area contributed by atoms with Crippen LogP contribution in [0.15, 0.2) is 58.5 Å². The molecule has 1 aliphatic heterocycles. The molecule has 0 saturated carbocycles. The zero-order valence-corrected chi connectivity index (χ0v) is 15.5. The summed E-state index contributed by atoms with van der Waals surface area (Å²) in [6, 6.07) is 13.1. The van der Waals surface area contributed by atoms with Gasteiger partial charge in [-0.15, -0.1) is 0 Å². The van der Waals surface area contributed by atoms with Gasteiger partial charge >= 0.3 is 11.3 Å². The Bertz CT molecular complexity index is 1100. The first kappa shape index (κ1) is 17.4. The molecule has 1 aliphatic rings. The Kier molecular flexibility index (Phi) is 4.27. The Hall–Kier alpha value is -3.00. The largest absolute Gasteiger partial charge is 0.325 e. The van der Waals surface area contributed by atoms with Gasteiger partial charge in [-0.1, -0.05) is 23.9 Å². The number of nitrogens with one attached hydrogen (secondary N) is 1. The van der Waals surface area contributed by atoms with Gasteiger partial charge in [0, 0.05) is 17.6 Å². The number of fused-ring (bicyclic) bond motifs is 3. The minimum absolute atomic E-state index is 0.206. The molecule has 0 spiro atoms. The molecule has 1 aromatic heterocycles. The van der Waals surface area contributed by atoms with Crippen LogP contribution in [-0.2, 0) is 4.79 Å². The number of rotatable bonds is 2. The van der Waals surface area contributed by atoms with Crippen molar-refractivity contribution in [3.05, 3.63) is 70.3 Å². The monoisotopic (exact) mass is 383 g/mol. The van der Waals surface area contributed by atoms with E-state index in [2.05, 4.69) is 10.1 Å². The van der Waals surface area contributed by atoms with Crippen molar-refractivity contribution in [2.75, 3.05) is 11.2 Å². The Balaban J connectivity index is 2.08. The van der Waals surface area contributed by atoms with E-state index in [1.807, 2.05) is 12.1 Å². The molecular formula is C19H16FN4O2S+. The van der Waals surface area contributed by atoms with Crippen molar-refractivity contribution in [3.63, 3.8) is 0 Å². The van der Waals surface area contributed by atoms with Gasteiger partial charge in [-0.25, -0.2) is 9.29 Å². The maximum absolute atomic E-state index is 13.5. The molecule has 3 aromatic rings. The van der Waals surface area contributed by atoms with Crippen LogP contribution in [0.5, 0.6) is 0 Å². The van der Waals surface area contributed by atoms with Gasteiger partial charge in [0.05, 0.1) is 11.3 Å². The van der Waals surface area contributed by atoms with E-state index in [0.29, 0.717) is 27.7 Å². The maximum Gasteiger partial charge on any atom is 0.325 e. The Morgan fingerprint density at radius 1 is 1.22 bits per heavy atom. The molecule has 0 aliphatic carbocycles. The molecule has 1 atom stereocenters. The van der Waals surface area contributed by atoms with Crippen LogP contribution in [-0.4, -0.2) is 22.2 Å². The van der Waals surface area contributed by atoms with Gasteiger partial charge in [-0.05, 0) is 47.3 Å². The number of benzene rings is 2. The number of para-hydroxylation sites is 1. The van der Waals surface area contributed by atoms with E-state index >= 15 is 0 Å². The highest BCUT2D eigenvalue weighted by Crippen LogP contribution is 2.37. The zero-order valence-electron chi connectivity index (χ0n) is 14.6. The molecule has 2 aromatic carbocycles. The highest BCUT2D eigenvalue weighted by Gasteiger charge is 2.44. The summed E-state index contributed by atoms with van der Waals surface area (Å²) in [5.74, 6) is -0.582. The lowest BCUT2D eigenvalue weighted by Crippen LogP contribution is -2.60. The smallest absolute Gasteiger partial charge is 0.291 e. The molecule has 4 rings (SSSR count). The number of aromatic amines is 1. The first-order valence-corrected chi connectivity index (χ1v) is 9.48. The van der Waals surface area contributed by atoms with Gasteiger partial charge in [-0.2, -0.15) is 0 Å². The number of H-pyrrole nitrogens is 1. The number of aromatic nitrogens is 3. The second kappa shape index (κ2) is 6.62. The van der Waals surface area contributed by atoms with Crippen LogP contribution >= 0.6 is 11.8 Å². The topological polar surface area (TPSA) is 69.9 Å². The van der Waals surface area contributed by atoms with E-state index in [4.69, 9.17) is 0 Å². The van der Waals surface area contributed by atoms with Crippen molar-refractivity contribution in [2.45, 2.75) is 18.2 Å². The van der Waals surface area contributed by atoms with Crippen molar-refractivity contribution in [3.8, 4) is 11.3 Å². The van der Waals surface area contributed by atoms with Gasteiger partial charge in [0.2, 0.25) is 11.1 Å². The molecular weight excluding hydrogens is 367 g/mol. The van der Waals surface area contributed by atoms with Gasteiger partial charge in [0.1, 0.15) is 5.82 Å². The minimum Gasteiger partial charge on any atom is -0.291 e. The molecule has 8 heteroatoms. The Morgan fingerprint density at radius 2 is 1.93 bits per heavy atom. The first-order chi connectivity index (χ1) is 13.0. The molecule has 0 radical (unpaired) electrons. The number of hydrogen-bond acceptors (Lipinski definition) is 4. The average molecular weight is 383 g/mol. The third-order valence-corrected chi connectivity index (χ3v) is 5.03. The summed E-state index contributed by atoms with van der Waals surface area (Å²) in [5, 5.41) is 4.97.